The molecule has 1 heterocycles. The third kappa shape index (κ3) is 4.43. The zero-order valence-electron chi connectivity index (χ0n) is 12.8. The molecule has 2 rings (SSSR count). The van der Waals surface area contributed by atoms with Crippen molar-refractivity contribution in [3.8, 4) is 0 Å². The number of amides is 1. The first-order valence-electron chi connectivity index (χ1n) is 8.09. The summed E-state index contributed by atoms with van der Waals surface area (Å²) < 4.78 is 0. The van der Waals surface area contributed by atoms with Crippen LogP contribution < -0.4 is 11.1 Å². The van der Waals surface area contributed by atoms with E-state index < -0.39 is 0 Å². The fourth-order valence-corrected chi connectivity index (χ4v) is 3.37. The van der Waals surface area contributed by atoms with Crippen molar-refractivity contribution in [2.45, 2.75) is 25.7 Å². The first kappa shape index (κ1) is 15.7. The Bertz CT molecular complexity index is 302. The normalized spacial score (nSPS) is 29.3. The van der Waals surface area contributed by atoms with E-state index in [1.54, 1.807) is 0 Å². The van der Waals surface area contributed by atoms with E-state index in [4.69, 9.17) is 5.73 Å². The molecule has 20 heavy (non-hydrogen) atoms. The van der Waals surface area contributed by atoms with Gasteiger partial charge in [-0.1, -0.05) is 12.8 Å². The summed E-state index contributed by atoms with van der Waals surface area (Å²) >= 11 is 0. The number of nitrogens with two attached hydrogens (primary N) is 1. The lowest BCUT2D eigenvalue weighted by atomic mass is 9.79. The maximum absolute atomic E-state index is 12.3. The van der Waals surface area contributed by atoms with Gasteiger partial charge in [-0.3, -0.25) is 9.69 Å². The molecule has 1 aliphatic heterocycles. The molecule has 0 spiro atoms. The Morgan fingerprint density at radius 2 is 1.90 bits per heavy atom. The van der Waals surface area contributed by atoms with E-state index in [9.17, 15) is 4.79 Å². The van der Waals surface area contributed by atoms with Gasteiger partial charge in [0, 0.05) is 45.2 Å². The molecule has 2 aliphatic rings. The van der Waals surface area contributed by atoms with E-state index in [2.05, 4.69) is 22.2 Å². The Hall–Kier alpha value is -0.650. The molecule has 116 valence electrons. The van der Waals surface area contributed by atoms with Gasteiger partial charge in [-0.2, -0.15) is 0 Å². The topological polar surface area (TPSA) is 61.6 Å². The molecule has 1 saturated carbocycles. The molecular formula is C15H30N4O. The van der Waals surface area contributed by atoms with E-state index in [0.717, 1.165) is 52.1 Å². The lowest BCUT2D eigenvalue weighted by molar-refractivity contribution is -0.127. The molecule has 0 aromatic carbocycles. The lowest BCUT2D eigenvalue weighted by Crippen LogP contribution is -2.48. The third-order valence-electron chi connectivity index (χ3n) is 4.87. The highest BCUT2D eigenvalue weighted by molar-refractivity contribution is 5.79. The molecule has 0 aromatic rings. The van der Waals surface area contributed by atoms with Crippen LogP contribution in [0.3, 0.4) is 0 Å². The number of nitrogens with one attached hydrogen (secondary N) is 1. The highest BCUT2D eigenvalue weighted by Gasteiger charge is 2.29. The van der Waals surface area contributed by atoms with Crippen LogP contribution in [0.25, 0.3) is 0 Å². The van der Waals surface area contributed by atoms with Crippen molar-refractivity contribution in [1.29, 1.82) is 0 Å². The van der Waals surface area contributed by atoms with Crippen molar-refractivity contribution in [2.24, 2.45) is 17.6 Å². The van der Waals surface area contributed by atoms with Gasteiger partial charge >= 0.3 is 0 Å². The smallest absolute Gasteiger partial charge is 0.223 e. The van der Waals surface area contributed by atoms with Gasteiger partial charge in [0.2, 0.25) is 5.91 Å². The van der Waals surface area contributed by atoms with Crippen LogP contribution in [0.2, 0.25) is 0 Å². The number of piperazine rings is 1. The molecule has 1 saturated heterocycles. The van der Waals surface area contributed by atoms with Gasteiger partial charge in [0.1, 0.15) is 0 Å². The number of nitrogens with zero attached hydrogens (tertiary/aromatic N) is 2. The van der Waals surface area contributed by atoms with Crippen LogP contribution in [0.1, 0.15) is 25.7 Å². The Kier molecular flexibility index (Phi) is 6.26. The van der Waals surface area contributed by atoms with Crippen LogP contribution in [-0.2, 0) is 4.79 Å². The molecule has 0 radical (unpaired) electrons. The van der Waals surface area contributed by atoms with Crippen LogP contribution in [0, 0.1) is 11.8 Å². The third-order valence-corrected chi connectivity index (χ3v) is 4.87. The van der Waals surface area contributed by atoms with Gasteiger partial charge in [-0.05, 0) is 32.4 Å². The maximum atomic E-state index is 12.3. The Morgan fingerprint density at radius 3 is 2.60 bits per heavy atom. The highest BCUT2D eigenvalue weighted by atomic mass is 16.1. The lowest BCUT2D eigenvalue weighted by Gasteiger charge is -2.33. The van der Waals surface area contributed by atoms with Crippen molar-refractivity contribution >= 4 is 5.91 Å². The molecule has 0 bridgehead atoms. The first-order valence-corrected chi connectivity index (χ1v) is 8.09. The quantitative estimate of drug-likeness (QED) is 0.752. The van der Waals surface area contributed by atoms with Gasteiger partial charge in [-0.25, -0.2) is 0 Å². The average Bonchev–Trinajstić information content (AvgIpc) is 2.49. The average molecular weight is 282 g/mol. The molecule has 5 nitrogen and oxygen atoms in total. The van der Waals surface area contributed by atoms with Crippen molar-refractivity contribution in [3.05, 3.63) is 0 Å². The predicted octanol–water partition coefficient (Wildman–Crippen LogP) is 0.115. The Labute approximate surface area is 122 Å². The fourth-order valence-electron chi connectivity index (χ4n) is 3.37. The maximum Gasteiger partial charge on any atom is 0.223 e. The number of hydrogen-bond donors (Lipinski definition) is 2. The molecule has 0 aromatic heterocycles. The van der Waals surface area contributed by atoms with Crippen LogP contribution in [0.4, 0.5) is 0 Å². The summed E-state index contributed by atoms with van der Waals surface area (Å²) in [6.07, 6.45) is 4.54. The van der Waals surface area contributed by atoms with Crippen molar-refractivity contribution in [1.82, 2.24) is 15.1 Å². The van der Waals surface area contributed by atoms with E-state index in [0.29, 0.717) is 12.5 Å². The first-order chi connectivity index (χ1) is 9.70. The minimum absolute atomic E-state index is 0.154. The van der Waals surface area contributed by atoms with E-state index in [1.165, 1.54) is 12.8 Å². The Balaban J connectivity index is 1.66. The number of carbonyl (C=O) groups is 1. The number of rotatable bonds is 5. The van der Waals surface area contributed by atoms with Crippen LogP contribution >= 0.6 is 0 Å². The largest absolute Gasteiger partial charge is 0.355 e. The molecule has 2 fully saturated rings. The Morgan fingerprint density at radius 1 is 1.20 bits per heavy atom. The molecule has 2 unspecified atom stereocenters. The van der Waals surface area contributed by atoms with E-state index in [1.807, 2.05) is 0 Å². The molecule has 1 amide bonds. The minimum atomic E-state index is 0.154. The van der Waals surface area contributed by atoms with E-state index >= 15 is 0 Å². The van der Waals surface area contributed by atoms with Gasteiger partial charge in [0.15, 0.2) is 0 Å². The summed E-state index contributed by atoms with van der Waals surface area (Å²) in [5.41, 5.74) is 5.80. The van der Waals surface area contributed by atoms with Crippen LogP contribution in [0.5, 0.6) is 0 Å². The number of carbonyl (C=O) groups excluding carboxylic acids is 1. The van der Waals surface area contributed by atoms with Gasteiger partial charge in [0.25, 0.3) is 0 Å². The fraction of sp³-hybridized carbons (Fsp3) is 0.933. The summed E-state index contributed by atoms with van der Waals surface area (Å²) in [5.74, 6) is 0.780. The van der Waals surface area contributed by atoms with E-state index in [-0.39, 0.29) is 11.8 Å². The standard InChI is InChI=1S/C15H30N4O/c1-18-8-10-19(11-9-18)7-6-17-15(20)14-5-3-2-4-13(14)12-16/h13-14H,2-12,16H2,1H3,(H,17,20). The number of likely N-dealkylation sites (N-methyl/N-ethyl adjacent to an activating group) is 1. The molecular weight excluding hydrogens is 252 g/mol. The molecule has 1 aliphatic carbocycles. The zero-order valence-corrected chi connectivity index (χ0v) is 12.8. The monoisotopic (exact) mass is 282 g/mol. The van der Waals surface area contributed by atoms with Crippen LogP contribution in [-0.4, -0.2) is 68.6 Å². The predicted molar refractivity (Wildman–Crippen MR) is 81.4 cm³/mol. The second-order valence-electron chi connectivity index (χ2n) is 6.32. The van der Waals surface area contributed by atoms with Gasteiger partial charge in [-0.15, -0.1) is 0 Å². The van der Waals surface area contributed by atoms with Crippen molar-refractivity contribution in [2.75, 3.05) is 52.9 Å². The zero-order chi connectivity index (χ0) is 14.4. The summed E-state index contributed by atoms with van der Waals surface area (Å²) in [6, 6.07) is 0. The van der Waals surface area contributed by atoms with Crippen molar-refractivity contribution < 1.29 is 4.79 Å². The summed E-state index contributed by atoms with van der Waals surface area (Å²) in [5, 5.41) is 3.13. The second kappa shape index (κ2) is 7.96. The minimum Gasteiger partial charge on any atom is -0.355 e. The van der Waals surface area contributed by atoms with Crippen LogP contribution in [0.15, 0.2) is 0 Å². The molecule has 2 atom stereocenters. The van der Waals surface area contributed by atoms with Gasteiger partial charge in [0.05, 0.1) is 0 Å². The second-order valence-corrected chi connectivity index (χ2v) is 6.32. The molecule has 3 N–H and O–H groups in total. The summed E-state index contributed by atoms with van der Waals surface area (Å²) in [7, 11) is 2.16. The molecule has 5 heteroatoms. The summed E-state index contributed by atoms with van der Waals surface area (Å²) in [6.45, 7) is 6.88. The summed E-state index contributed by atoms with van der Waals surface area (Å²) in [4.78, 5) is 17.0. The SMILES string of the molecule is CN1CCN(CCNC(=O)C2CCCCC2CN)CC1. The van der Waals surface area contributed by atoms with Gasteiger partial charge < -0.3 is 16.0 Å². The van der Waals surface area contributed by atoms with Crippen molar-refractivity contribution in [3.63, 3.8) is 0 Å². The number of hydrogen-bond acceptors (Lipinski definition) is 4. The highest BCUT2D eigenvalue weighted by Crippen LogP contribution is 2.29.